The lowest BCUT2D eigenvalue weighted by Crippen LogP contribution is -2.34. The fourth-order valence-electron chi connectivity index (χ4n) is 2.91. The van der Waals surface area contributed by atoms with Crippen molar-refractivity contribution in [3.8, 4) is 0 Å². The molecule has 0 bridgehead atoms. The van der Waals surface area contributed by atoms with Gasteiger partial charge in [-0.1, -0.05) is 53.0 Å². The van der Waals surface area contributed by atoms with Gasteiger partial charge in [0.1, 0.15) is 0 Å². The van der Waals surface area contributed by atoms with Gasteiger partial charge in [-0.3, -0.25) is 4.79 Å². The van der Waals surface area contributed by atoms with Crippen molar-refractivity contribution in [3.05, 3.63) is 73.7 Å². The van der Waals surface area contributed by atoms with Gasteiger partial charge in [-0.25, -0.2) is 4.79 Å². The van der Waals surface area contributed by atoms with Crippen LogP contribution in [0.1, 0.15) is 33.0 Å². The highest BCUT2D eigenvalue weighted by molar-refractivity contribution is 6.48. The summed E-state index contributed by atoms with van der Waals surface area (Å²) in [7, 11) is 0. The average Bonchev–Trinajstić information content (AvgIpc) is 2.73. The van der Waals surface area contributed by atoms with Gasteiger partial charge in [0.2, 0.25) is 0 Å². The number of nitrogens with one attached hydrogen (secondary N) is 2. The first-order valence-electron chi connectivity index (χ1n) is 9.47. The Labute approximate surface area is 209 Å². The summed E-state index contributed by atoms with van der Waals surface area (Å²) in [5.41, 5.74) is -2.81. The lowest BCUT2D eigenvalue weighted by Gasteiger charge is -2.19. The van der Waals surface area contributed by atoms with E-state index in [9.17, 15) is 35.9 Å². The van der Waals surface area contributed by atoms with E-state index in [0.29, 0.717) is 12.1 Å². The van der Waals surface area contributed by atoms with E-state index in [1.54, 1.807) is 0 Å². The fourth-order valence-corrected chi connectivity index (χ4v) is 3.52. The van der Waals surface area contributed by atoms with Crippen LogP contribution in [0.5, 0.6) is 0 Å². The van der Waals surface area contributed by atoms with Crippen molar-refractivity contribution in [2.75, 3.05) is 13.1 Å². The van der Waals surface area contributed by atoms with Crippen LogP contribution in [0, 0.1) is 0 Å². The van der Waals surface area contributed by atoms with Gasteiger partial charge in [-0.15, -0.1) is 0 Å². The summed E-state index contributed by atoms with van der Waals surface area (Å²) in [5, 5.41) is 11.9. The lowest BCUT2D eigenvalue weighted by atomic mass is 9.96. The summed E-state index contributed by atoms with van der Waals surface area (Å²) >= 11 is 17.4. The second kappa shape index (κ2) is 11.4. The van der Waals surface area contributed by atoms with Gasteiger partial charge >= 0.3 is 18.4 Å². The summed E-state index contributed by atoms with van der Waals surface area (Å²) < 4.78 is 81.6. The topological polar surface area (TPSA) is 78.4 Å². The Kier molecular flexibility index (Phi) is 9.32. The van der Waals surface area contributed by atoms with Crippen LogP contribution in [-0.2, 0) is 6.18 Å². The number of alkyl halides is 6. The Balaban J connectivity index is 2.38. The minimum atomic E-state index is -5.00. The maximum Gasteiger partial charge on any atom is 0.417 e. The van der Waals surface area contributed by atoms with Gasteiger partial charge in [0.15, 0.2) is 0 Å². The third kappa shape index (κ3) is 7.94. The number of carbonyl (C=O) groups is 2. The molecule has 0 fully saturated rings. The second-order valence-electron chi connectivity index (χ2n) is 6.97. The molecule has 0 aromatic heterocycles. The highest BCUT2D eigenvalue weighted by Gasteiger charge is 2.40. The molecular formula is C21H15Cl3F6N2O3. The van der Waals surface area contributed by atoms with Crippen LogP contribution in [0.2, 0.25) is 15.1 Å². The van der Waals surface area contributed by atoms with E-state index < -0.39 is 41.4 Å². The third-order valence-electron chi connectivity index (χ3n) is 4.48. The molecule has 0 aliphatic heterocycles. The van der Waals surface area contributed by atoms with E-state index in [4.69, 9.17) is 39.9 Å². The Bertz CT molecular complexity index is 1110. The first-order valence-corrected chi connectivity index (χ1v) is 10.6. The fraction of sp³-hybridized carbons (Fsp3) is 0.238. The smallest absolute Gasteiger partial charge is 0.417 e. The highest BCUT2D eigenvalue weighted by Crippen LogP contribution is 2.41. The number of benzene rings is 2. The molecule has 5 nitrogen and oxygen atoms in total. The predicted octanol–water partition coefficient (Wildman–Crippen LogP) is 7.02. The maximum atomic E-state index is 13.7. The molecule has 0 radical (unpaired) electrons. The first kappa shape index (κ1) is 28.6. The normalized spacial score (nSPS) is 13.1. The molecule has 0 aliphatic rings. The molecular weight excluding hydrogens is 549 g/mol. The summed E-state index contributed by atoms with van der Waals surface area (Å²) in [4.78, 5) is 22.5. The van der Waals surface area contributed by atoms with E-state index in [0.717, 1.165) is 30.3 Å². The van der Waals surface area contributed by atoms with Gasteiger partial charge < -0.3 is 15.7 Å². The summed E-state index contributed by atoms with van der Waals surface area (Å²) in [6.45, 7) is -0.537. The zero-order chi connectivity index (χ0) is 26.6. The van der Waals surface area contributed by atoms with Crippen molar-refractivity contribution in [3.63, 3.8) is 0 Å². The molecule has 0 aliphatic carbocycles. The number of carboxylic acid groups (broad SMARTS) is 1. The van der Waals surface area contributed by atoms with Gasteiger partial charge in [0.05, 0.1) is 32.1 Å². The van der Waals surface area contributed by atoms with E-state index in [1.807, 2.05) is 5.32 Å². The van der Waals surface area contributed by atoms with Crippen molar-refractivity contribution in [2.45, 2.75) is 18.3 Å². The minimum Gasteiger partial charge on any atom is -0.465 e. The Hall–Kier alpha value is -2.63. The quantitative estimate of drug-likeness (QED) is 0.192. The minimum absolute atomic E-state index is 0.149. The Morgan fingerprint density at radius 1 is 0.943 bits per heavy atom. The Morgan fingerprint density at radius 2 is 1.51 bits per heavy atom. The van der Waals surface area contributed by atoms with Crippen LogP contribution in [0.3, 0.4) is 0 Å². The van der Waals surface area contributed by atoms with Crippen LogP contribution in [0.25, 0.3) is 6.08 Å². The van der Waals surface area contributed by atoms with Crippen molar-refractivity contribution in [1.29, 1.82) is 0 Å². The average molecular weight is 564 g/mol. The highest BCUT2D eigenvalue weighted by atomic mass is 35.5. The molecule has 2 aromatic rings. The van der Waals surface area contributed by atoms with E-state index >= 15 is 0 Å². The molecule has 35 heavy (non-hydrogen) atoms. The molecule has 0 saturated carbocycles. The monoisotopic (exact) mass is 562 g/mol. The number of hydrogen-bond acceptors (Lipinski definition) is 2. The molecule has 3 N–H and O–H groups in total. The van der Waals surface area contributed by atoms with Crippen LogP contribution in [0.15, 0.2) is 36.4 Å². The van der Waals surface area contributed by atoms with Crippen LogP contribution in [0.4, 0.5) is 31.1 Å². The summed E-state index contributed by atoms with van der Waals surface area (Å²) in [6, 6.07) is 4.26. The number of hydrogen-bond donors (Lipinski definition) is 3. The first-order chi connectivity index (χ1) is 16.1. The molecule has 2 rings (SSSR count). The standard InChI is InChI=1S/C21H15Cl3F6N2O3/c22-15-8-11(9-16(23)17(15)24)13(20(25,26)27)4-2-10-1-3-12(14(7-10)21(28,29)30)18(33)31-5-6-32-19(34)35/h1-4,7-9,13,32H,5-6H2,(H,31,33)(H,34,35)/b4-2+. The lowest BCUT2D eigenvalue weighted by molar-refractivity contribution is -0.139. The van der Waals surface area contributed by atoms with E-state index in [1.165, 1.54) is 0 Å². The molecule has 0 saturated heterocycles. The number of carbonyl (C=O) groups excluding carboxylic acids is 1. The SMILES string of the molecule is O=C(O)NCCNC(=O)c1ccc(/C=C/C(c2cc(Cl)c(Cl)c(Cl)c2)C(F)(F)F)cc1C(F)(F)F. The van der Waals surface area contributed by atoms with Crippen LogP contribution < -0.4 is 10.6 Å². The van der Waals surface area contributed by atoms with Gasteiger partial charge in [-0.2, -0.15) is 26.3 Å². The zero-order valence-corrected chi connectivity index (χ0v) is 19.5. The van der Waals surface area contributed by atoms with Crippen LogP contribution in [-0.4, -0.2) is 36.4 Å². The van der Waals surface area contributed by atoms with Gasteiger partial charge in [0.25, 0.3) is 5.91 Å². The largest absolute Gasteiger partial charge is 0.465 e. The van der Waals surface area contributed by atoms with Crippen molar-refractivity contribution < 1.29 is 41.0 Å². The van der Waals surface area contributed by atoms with Crippen molar-refractivity contribution >= 4 is 52.9 Å². The zero-order valence-electron chi connectivity index (χ0n) is 17.2. The third-order valence-corrected chi connectivity index (χ3v) is 5.68. The van der Waals surface area contributed by atoms with Crippen LogP contribution >= 0.6 is 34.8 Å². The van der Waals surface area contributed by atoms with Gasteiger partial charge in [-0.05, 0) is 35.4 Å². The molecule has 0 spiro atoms. The van der Waals surface area contributed by atoms with Crippen molar-refractivity contribution in [1.82, 2.24) is 10.6 Å². The summed E-state index contributed by atoms with van der Waals surface area (Å²) in [6.07, 6.45) is -9.78. The molecule has 1 atom stereocenters. The van der Waals surface area contributed by atoms with E-state index in [2.05, 4.69) is 5.32 Å². The molecule has 190 valence electrons. The Morgan fingerprint density at radius 3 is 2.03 bits per heavy atom. The number of allylic oxidation sites excluding steroid dienone is 1. The molecule has 2 aromatic carbocycles. The number of rotatable bonds is 7. The number of halogens is 9. The molecule has 14 heteroatoms. The molecule has 2 amide bonds. The van der Waals surface area contributed by atoms with Gasteiger partial charge in [0, 0.05) is 13.1 Å². The second-order valence-corrected chi connectivity index (χ2v) is 8.16. The molecule has 0 heterocycles. The summed E-state index contributed by atoms with van der Waals surface area (Å²) in [5.74, 6) is -3.41. The van der Waals surface area contributed by atoms with Crippen molar-refractivity contribution in [2.24, 2.45) is 0 Å². The predicted molar refractivity (Wildman–Crippen MR) is 119 cm³/mol. The maximum absolute atomic E-state index is 13.7. The molecule has 1 unspecified atom stereocenters. The number of amides is 2. The van der Waals surface area contributed by atoms with E-state index in [-0.39, 0.29) is 39.3 Å².